The maximum atomic E-state index is 13.4. The maximum absolute atomic E-state index is 13.4. The van der Waals surface area contributed by atoms with Crippen molar-refractivity contribution in [1.29, 1.82) is 0 Å². The number of hydrogen-bond acceptors (Lipinski definition) is 9. The number of carbonyl (C=O) groups is 4. The van der Waals surface area contributed by atoms with E-state index < -0.39 is 75.5 Å². The molecule has 6 rings (SSSR count). The van der Waals surface area contributed by atoms with Crippen LogP contribution in [0, 0.1) is 33.5 Å². The van der Waals surface area contributed by atoms with Crippen LogP contribution in [0.15, 0.2) is 35.2 Å². The Hall–Kier alpha value is -2.94. The van der Waals surface area contributed by atoms with E-state index in [1.165, 1.54) is 13.8 Å². The van der Waals surface area contributed by atoms with Gasteiger partial charge in [0, 0.05) is 41.6 Å². The molecule has 1 aromatic heterocycles. The molecular formula is C30H36O9. The van der Waals surface area contributed by atoms with E-state index in [0.29, 0.717) is 12.8 Å². The summed E-state index contributed by atoms with van der Waals surface area (Å²) in [6.07, 6.45) is 4.61. The van der Waals surface area contributed by atoms with E-state index in [4.69, 9.17) is 23.4 Å². The molecule has 3 aliphatic carbocycles. The normalized spacial score (nSPS) is 47.1. The van der Waals surface area contributed by atoms with Crippen molar-refractivity contribution < 1.29 is 42.5 Å². The third-order valence-corrected chi connectivity index (χ3v) is 11.1. The van der Waals surface area contributed by atoms with Crippen molar-refractivity contribution in [2.45, 2.75) is 91.3 Å². The Bertz CT molecular complexity index is 1300. The summed E-state index contributed by atoms with van der Waals surface area (Å²) in [5.41, 5.74) is -3.58. The van der Waals surface area contributed by atoms with E-state index in [0.717, 1.165) is 5.56 Å². The van der Waals surface area contributed by atoms with Crippen LogP contribution in [-0.2, 0) is 38.1 Å². The lowest BCUT2D eigenvalue weighted by Gasteiger charge is -2.69. The van der Waals surface area contributed by atoms with Gasteiger partial charge in [0.2, 0.25) is 0 Å². The fourth-order valence-electron chi connectivity index (χ4n) is 9.68. The maximum Gasteiger partial charge on any atom is 0.339 e. The second kappa shape index (κ2) is 7.83. The monoisotopic (exact) mass is 540 g/mol. The Morgan fingerprint density at radius 1 is 1.00 bits per heavy atom. The molecule has 9 heteroatoms. The topological polar surface area (TPSA) is 122 Å². The number of ether oxygens (including phenoxy) is 4. The number of furan rings is 1. The molecule has 1 aromatic rings. The summed E-state index contributed by atoms with van der Waals surface area (Å²) < 4.78 is 30.1. The summed E-state index contributed by atoms with van der Waals surface area (Å²) in [4.78, 5) is 52.0. The molecule has 2 aliphatic heterocycles. The van der Waals surface area contributed by atoms with Crippen molar-refractivity contribution in [3.05, 3.63) is 36.3 Å². The van der Waals surface area contributed by atoms with Crippen LogP contribution in [0.3, 0.4) is 0 Å². The van der Waals surface area contributed by atoms with Gasteiger partial charge in [-0.1, -0.05) is 40.7 Å². The minimum Gasteiger partial charge on any atom is -0.472 e. The fourth-order valence-corrected chi connectivity index (χ4v) is 9.68. The van der Waals surface area contributed by atoms with Crippen molar-refractivity contribution >= 4 is 23.7 Å². The van der Waals surface area contributed by atoms with E-state index in [1.807, 2.05) is 26.8 Å². The van der Waals surface area contributed by atoms with Gasteiger partial charge in [0.1, 0.15) is 23.9 Å². The third-order valence-electron chi connectivity index (χ3n) is 11.1. The van der Waals surface area contributed by atoms with Crippen LogP contribution < -0.4 is 0 Å². The quantitative estimate of drug-likeness (QED) is 0.317. The van der Waals surface area contributed by atoms with E-state index >= 15 is 0 Å². The van der Waals surface area contributed by atoms with Gasteiger partial charge in [-0.15, -0.1) is 0 Å². The van der Waals surface area contributed by atoms with Crippen LogP contribution in [0.5, 0.6) is 0 Å². The van der Waals surface area contributed by atoms with Gasteiger partial charge < -0.3 is 23.4 Å². The molecule has 10 atom stereocenters. The zero-order valence-electron chi connectivity index (χ0n) is 23.4. The summed E-state index contributed by atoms with van der Waals surface area (Å²) in [5.74, 6) is -2.29. The zero-order chi connectivity index (χ0) is 28.3. The number of fused-ring (bicyclic) bond motifs is 3. The Kier molecular flexibility index (Phi) is 5.28. The lowest BCUT2D eigenvalue weighted by Crippen LogP contribution is -2.76. The molecule has 0 bridgehead atoms. The molecule has 5 aliphatic rings. The smallest absolute Gasteiger partial charge is 0.339 e. The van der Waals surface area contributed by atoms with E-state index in [-0.39, 0.29) is 11.7 Å². The standard InChI is InChI=1S/C30H36O9/c1-15(31)36-20-21-26(3,4)19(33)9-11-27(21,5)18-8-12-28(6)22(17-10-13-35-14-17)38-25(34)24-30(28,39-24)29(18,7)23(20)37-16(2)32/h9-11,13-14,18,20-24H,8,12H2,1-7H3. The van der Waals surface area contributed by atoms with Gasteiger partial charge in [-0.05, 0) is 36.3 Å². The molecule has 1 spiro atoms. The Morgan fingerprint density at radius 3 is 2.31 bits per heavy atom. The average molecular weight is 541 g/mol. The largest absolute Gasteiger partial charge is 0.472 e. The highest BCUT2D eigenvalue weighted by molar-refractivity contribution is 5.96. The lowest BCUT2D eigenvalue weighted by atomic mass is 9.35. The predicted molar refractivity (Wildman–Crippen MR) is 135 cm³/mol. The average Bonchev–Trinajstić information content (AvgIpc) is 3.41. The van der Waals surface area contributed by atoms with Crippen LogP contribution in [0.25, 0.3) is 0 Å². The first-order chi connectivity index (χ1) is 18.2. The first-order valence-corrected chi connectivity index (χ1v) is 13.6. The number of ketones is 1. The Balaban J connectivity index is 1.61. The van der Waals surface area contributed by atoms with Crippen LogP contribution in [0.4, 0.5) is 0 Å². The molecule has 0 N–H and O–H groups in total. The number of epoxide rings is 1. The van der Waals surface area contributed by atoms with Gasteiger partial charge in [-0.2, -0.15) is 0 Å². The highest BCUT2D eigenvalue weighted by Gasteiger charge is 2.89. The van der Waals surface area contributed by atoms with Gasteiger partial charge in [0.25, 0.3) is 0 Å². The summed E-state index contributed by atoms with van der Waals surface area (Å²) in [6.45, 7) is 12.5. The second-order valence-corrected chi connectivity index (χ2v) is 13.3. The van der Waals surface area contributed by atoms with Crippen molar-refractivity contribution in [2.75, 3.05) is 0 Å². The molecule has 39 heavy (non-hydrogen) atoms. The van der Waals surface area contributed by atoms with Gasteiger partial charge >= 0.3 is 17.9 Å². The number of hydrogen-bond donors (Lipinski definition) is 0. The van der Waals surface area contributed by atoms with Crippen molar-refractivity contribution in [1.82, 2.24) is 0 Å². The number of carbonyl (C=O) groups excluding carboxylic acids is 4. The van der Waals surface area contributed by atoms with Crippen molar-refractivity contribution in [3.63, 3.8) is 0 Å². The number of cyclic esters (lactones) is 1. The third kappa shape index (κ3) is 3.00. The minimum atomic E-state index is -1.08. The van der Waals surface area contributed by atoms with E-state index in [9.17, 15) is 19.2 Å². The molecular weight excluding hydrogens is 504 g/mol. The summed E-state index contributed by atoms with van der Waals surface area (Å²) >= 11 is 0. The van der Waals surface area contributed by atoms with Gasteiger partial charge in [-0.3, -0.25) is 14.4 Å². The Morgan fingerprint density at radius 2 is 1.69 bits per heavy atom. The fraction of sp³-hybridized carbons (Fsp3) is 0.667. The molecule has 2 saturated heterocycles. The molecule has 0 radical (unpaired) electrons. The van der Waals surface area contributed by atoms with Gasteiger partial charge in [-0.25, -0.2) is 4.79 Å². The number of esters is 3. The van der Waals surface area contributed by atoms with E-state index in [1.54, 1.807) is 24.7 Å². The summed E-state index contributed by atoms with van der Waals surface area (Å²) in [6, 6.07) is 1.79. The molecule has 4 fully saturated rings. The highest BCUT2D eigenvalue weighted by Crippen LogP contribution is 2.80. The highest BCUT2D eigenvalue weighted by atomic mass is 16.7. The van der Waals surface area contributed by atoms with Gasteiger partial charge in [0.05, 0.1) is 12.5 Å². The molecule has 2 saturated carbocycles. The van der Waals surface area contributed by atoms with Crippen molar-refractivity contribution in [3.8, 4) is 0 Å². The van der Waals surface area contributed by atoms with Crippen LogP contribution in [0.2, 0.25) is 0 Å². The summed E-state index contributed by atoms with van der Waals surface area (Å²) in [7, 11) is 0. The van der Waals surface area contributed by atoms with Crippen LogP contribution in [0.1, 0.15) is 73.0 Å². The second-order valence-electron chi connectivity index (χ2n) is 13.3. The van der Waals surface area contributed by atoms with Gasteiger partial charge in [0.15, 0.2) is 11.9 Å². The molecule has 10 unspecified atom stereocenters. The molecule has 9 nitrogen and oxygen atoms in total. The summed E-state index contributed by atoms with van der Waals surface area (Å²) in [5, 5.41) is 0. The van der Waals surface area contributed by atoms with Crippen LogP contribution >= 0.6 is 0 Å². The SMILES string of the molecule is CC(=O)OC1C2C(C)(C)C(=O)C=CC2(C)C2CCC3(C)C(c4ccoc4)OC(=O)C4OC43C2(C)C1OC(C)=O. The Labute approximate surface area is 227 Å². The molecule has 3 heterocycles. The number of allylic oxidation sites excluding steroid dienone is 2. The molecule has 210 valence electrons. The minimum absolute atomic E-state index is 0.0760. The zero-order valence-corrected chi connectivity index (χ0v) is 23.4. The van der Waals surface area contributed by atoms with Crippen molar-refractivity contribution in [2.24, 2.45) is 33.5 Å². The lowest BCUT2D eigenvalue weighted by molar-refractivity contribution is -0.284. The first-order valence-electron chi connectivity index (χ1n) is 13.6. The predicted octanol–water partition coefficient (Wildman–Crippen LogP) is 4.10. The van der Waals surface area contributed by atoms with E-state index in [2.05, 4.69) is 13.8 Å². The molecule has 0 aromatic carbocycles. The van der Waals surface area contributed by atoms with Crippen LogP contribution in [-0.4, -0.2) is 47.6 Å². The first kappa shape index (κ1) is 26.3. The number of rotatable bonds is 3. The molecule has 0 amide bonds.